The number of nitrogens with zero attached hydrogens (tertiary/aromatic N) is 4. The van der Waals surface area contributed by atoms with Crippen molar-refractivity contribution in [3.05, 3.63) is 36.2 Å². The second kappa shape index (κ2) is 6.58. The lowest BCUT2D eigenvalue weighted by Gasteiger charge is -2.31. The van der Waals surface area contributed by atoms with Crippen molar-refractivity contribution in [1.82, 2.24) is 10.7 Å². The molecule has 1 fully saturated rings. The van der Waals surface area contributed by atoms with Gasteiger partial charge in [-0.2, -0.15) is 0 Å². The van der Waals surface area contributed by atoms with Crippen LogP contribution in [0.1, 0.15) is 32.3 Å². The number of benzene rings is 1. The van der Waals surface area contributed by atoms with Crippen molar-refractivity contribution in [3.8, 4) is 0 Å². The molecule has 4 aliphatic heterocycles. The third-order valence-electron chi connectivity index (χ3n) is 5.82. The molecule has 2 unspecified atom stereocenters. The molecule has 0 aliphatic carbocycles. The highest BCUT2D eigenvalue weighted by Gasteiger charge is 2.43. The lowest BCUT2D eigenvalue weighted by atomic mass is 9.86. The molecule has 29 heavy (non-hydrogen) atoms. The molecule has 1 amide bonds. The number of hydrogen-bond donors (Lipinski definition) is 4. The van der Waals surface area contributed by atoms with E-state index in [1.165, 1.54) is 0 Å². The standard InChI is InChI=1S/C20H24N8O/c1-20(2)15-6-5-13(10-16(15)24-18(20)29)23-19-25-17-12-22-8-9-28(17,27-19)26-14-4-3-7-21-11-14/h5-6,8-10,12,14,21,26H,3-4,7,11H2,1-2H3,(H-,23,24,27,29)/p+1. The highest BCUT2D eigenvalue weighted by atomic mass is 16.2. The largest absolute Gasteiger partial charge is 0.325 e. The lowest BCUT2D eigenvalue weighted by molar-refractivity contribution is -0.842. The third-order valence-corrected chi connectivity index (χ3v) is 5.82. The molecule has 4 heterocycles. The average molecular weight is 393 g/mol. The van der Waals surface area contributed by atoms with E-state index in [4.69, 9.17) is 5.10 Å². The molecule has 9 nitrogen and oxygen atoms in total. The van der Waals surface area contributed by atoms with Crippen LogP contribution < -0.4 is 21.4 Å². The van der Waals surface area contributed by atoms with Crippen LogP contribution in [0, 0.1) is 0 Å². The topological polar surface area (TPSA) is 102 Å². The zero-order valence-electron chi connectivity index (χ0n) is 16.6. The molecule has 0 bridgehead atoms. The molecule has 1 saturated heterocycles. The molecule has 0 aromatic heterocycles. The van der Waals surface area contributed by atoms with Crippen molar-refractivity contribution in [2.24, 2.45) is 15.1 Å². The first-order valence-electron chi connectivity index (χ1n) is 9.97. The number of carbonyl (C=O) groups excluding carboxylic acids is 1. The molecular formula is C20H25N8O+. The monoisotopic (exact) mass is 393 g/mol. The summed E-state index contributed by atoms with van der Waals surface area (Å²) in [5.74, 6) is 1.23. The van der Waals surface area contributed by atoms with Crippen molar-refractivity contribution < 1.29 is 9.50 Å². The fourth-order valence-corrected chi connectivity index (χ4v) is 4.11. The van der Waals surface area contributed by atoms with Crippen LogP contribution in [-0.4, -0.2) is 47.7 Å². The minimum atomic E-state index is -0.520. The summed E-state index contributed by atoms with van der Waals surface area (Å²) in [6.07, 6.45) is 7.58. The lowest BCUT2D eigenvalue weighted by Crippen LogP contribution is -2.60. The Bertz CT molecular complexity index is 986. The Hall–Kier alpha value is -2.88. The number of aliphatic imine (C=N–C) groups is 2. The molecule has 0 spiro atoms. The van der Waals surface area contributed by atoms with Gasteiger partial charge in [0.2, 0.25) is 5.91 Å². The molecule has 4 aliphatic rings. The first-order chi connectivity index (χ1) is 14.0. The first-order valence-corrected chi connectivity index (χ1v) is 9.97. The van der Waals surface area contributed by atoms with Gasteiger partial charge in [-0.3, -0.25) is 9.79 Å². The number of fused-ring (bicyclic) bond motifs is 2. The highest BCUT2D eigenvalue weighted by Crippen LogP contribution is 2.38. The van der Waals surface area contributed by atoms with Gasteiger partial charge in [0.05, 0.1) is 17.7 Å². The van der Waals surface area contributed by atoms with E-state index in [-0.39, 0.29) is 10.6 Å². The van der Waals surface area contributed by atoms with E-state index in [9.17, 15) is 4.79 Å². The van der Waals surface area contributed by atoms with Gasteiger partial charge < -0.3 is 16.0 Å². The van der Waals surface area contributed by atoms with Gasteiger partial charge in [0, 0.05) is 17.9 Å². The first kappa shape index (κ1) is 18.2. The number of amidine groups is 1. The Morgan fingerprint density at radius 2 is 2.21 bits per heavy atom. The van der Waals surface area contributed by atoms with Gasteiger partial charge in [0.15, 0.2) is 6.20 Å². The van der Waals surface area contributed by atoms with Crippen LogP contribution in [0.5, 0.6) is 0 Å². The number of nitrogens with one attached hydrogen (secondary N) is 4. The van der Waals surface area contributed by atoms with Crippen molar-refractivity contribution in [3.63, 3.8) is 0 Å². The normalized spacial score (nSPS) is 29.0. The quantitative estimate of drug-likeness (QED) is 0.586. The van der Waals surface area contributed by atoms with Crippen LogP contribution in [0.25, 0.3) is 0 Å². The third kappa shape index (κ3) is 3.07. The van der Waals surface area contributed by atoms with Crippen LogP contribution in [0.2, 0.25) is 0 Å². The Kier molecular flexibility index (Phi) is 4.12. The fraction of sp³-hybridized carbons (Fsp3) is 0.400. The summed E-state index contributed by atoms with van der Waals surface area (Å²) in [7, 11) is 0. The van der Waals surface area contributed by atoms with Gasteiger partial charge in [-0.15, -0.1) is 10.4 Å². The summed E-state index contributed by atoms with van der Waals surface area (Å²) in [6.45, 7) is 5.81. The van der Waals surface area contributed by atoms with E-state index in [2.05, 4.69) is 31.4 Å². The molecule has 2 atom stereocenters. The molecule has 0 saturated carbocycles. The summed E-state index contributed by atoms with van der Waals surface area (Å²) >= 11 is 0. The summed E-state index contributed by atoms with van der Waals surface area (Å²) in [5.41, 5.74) is 5.71. The molecule has 9 heteroatoms. The number of carbonyl (C=O) groups is 1. The van der Waals surface area contributed by atoms with E-state index in [0.29, 0.717) is 12.0 Å². The Morgan fingerprint density at radius 3 is 3.03 bits per heavy atom. The van der Waals surface area contributed by atoms with Crippen LogP contribution in [0.4, 0.5) is 11.4 Å². The zero-order chi connectivity index (χ0) is 20.1. The Balaban J connectivity index is 1.39. The number of anilines is 2. The van der Waals surface area contributed by atoms with Gasteiger partial charge in [-0.1, -0.05) is 6.07 Å². The summed E-state index contributed by atoms with van der Waals surface area (Å²) in [5, 5.41) is 14.5. The maximum absolute atomic E-state index is 12.2. The molecule has 4 N–H and O–H groups in total. The number of guanidine groups is 1. The fourth-order valence-electron chi connectivity index (χ4n) is 4.11. The average Bonchev–Trinajstić information content (AvgIpc) is 3.16. The van der Waals surface area contributed by atoms with Crippen molar-refractivity contribution in [1.29, 1.82) is 0 Å². The molecule has 5 rings (SSSR count). The van der Waals surface area contributed by atoms with E-state index >= 15 is 0 Å². The SMILES string of the molecule is CC1(C)C(=O)Nc2cc(NC3=N[N+]4(NC5CCCNC5)C=CN=CC4=N3)ccc21. The van der Waals surface area contributed by atoms with Crippen molar-refractivity contribution >= 4 is 35.3 Å². The van der Waals surface area contributed by atoms with Crippen LogP contribution in [0.3, 0.4) is 0 Å². The number of hydrogen-bond acceptors (Lipinski definition) is 7. The second-order valence-corrected chi connectivity index (χ2v) is 8.29. The van der Waals surface area contributed by atoms with Crippen molar-refractivity contribution in [2.45, 2.75) is 38.1 Å². The minimum Gasteiger partial charge on any atom is -0.325 e. The number of piperidine rings is 1. The van der Waals surface area contributed by atoms with E-state index in [1.54, 1.807) is 12.4 Å². The van der Waals surface area contributed by atoms with Crippen LogP contribution in [0.15, 0.2) is 45.7 Å². The van der Waals surface area contributed by atoms with E-state index in [1.807, 2.05) is 38.2 Å². The molecule has 0 radical (unpaired) electrons. The maximum Gasteiger partial charge on any atom is 0.301 e. The van der Waals surface area contributed by atoms with Gasteiger partial charge in [-0.25, -0.2) is 0 Å². The van der Waals surface area contributed by atoms with E-state index < -0.39 is 5.41 Å². The summed E-state index contributed by atoms with van der Waals surface area (Å²) < 4.78 is 0.104. The van der Waals surface area contributed by atoms with Gasteiger partial charge >= 0.3 is 5.84 Å². The maximum atomic E-state index is 12.2. The Labute approximate surface area is 169 Å². The summed E-state index contributed by atoms with van der Waals surface area (Å²) in [4.78, 5) is 21.0. The zero-order valence-corrected chi connectivity index (χ0v) is 16.6. The van der Waals surface area contributed by atoms with Crippen LogP contribution in [-0.2, 0) is 10.2 Å². The van der Waals surface area contributed by atoms with Gasteiger partial charge in [0.1, 0.15) is 6.21 Å². The number of rotatable bonds is 3. The molecule has 1 aromatic carbocycles. The summed E-state index contributed by atoms with van der Waals surface area (Å²) in [6, 6.07) is 6.15. The second-order valence-electron chi connectivity index (χ2n) is 8.29. The predicted molar refractivity (Wildman–Crippen MR) is 114 cm³/mol. The van der Waals surface area contributed by atoms with Crippen molar-refractivity contribution in [2.75, 3.05) is 23.7 Å². The van der Waals surface area contributed by atoms with Gasteiger partial charge in [-0.05, 0) is 60.7 Å². The molecular weight excluding hydrogens is 368 g/mol. The highest BCUT2D eigenvalue weighted by molar-refractivity contribution is 6.30. The molecule has 150 valence electrons. The van der Waals surface area contributed by atoms with Crippen LogP contribution >= 0.6 is 0 Å². The number of amides is 1. The Morgan fingerprint density at radius 1 is 1.31 bits per heavy atom. The van der Waals surface area contributed by atoms with Gasteiger partial charge in [0.25, 0.3) is 5.96 Å². The predicted octanol–water partition coefficient (Wildman–Crippen LogP) is 1.64. The minimum absolute atomic E-state index is 0.0105. The molecule has 1 aromatic rings. The number of quaternary nitrogens is 1. The van der Waals surface area contributed by atoms with E-state index in [0.717, 1.165) is 48.7 Å². The smallest absolute Gasteiger partial charge is 0.301 e.